The lowest BCUT2D eigenvalue weighted by Gasteiger charge is -2.25. The van der Waals surface area contributed by atoms with Gasteiger partial charge < -0.3 is 14.8 Å². The Bertz CT molecular complexity index is 859. The third-order valence-corrected chi connectivity index (χ3v) is 5.35. The van der Waals surface area contributed by atoms with Crippen molar-refractivity contribution in [2.24, 2.45) is 0 Å². The van der Waals surface area contributed by atoms with Crippen LogP contribution in [0, 0.1) is 0 Å². The molecule has 0 spiro atoms. The number of nitrogens with one attached hydrogen (secondary N) is 2. The molecule has 0 bridgehead atoms. The molecule has 0 aliphatic carbocycles. The van der Waals surface area contributed by atoms with Crippen molar-refractivity contribution in [3.05, 3.63) is 48.5 Å². The molecule has 26 heavy (non-hydrogen) atoms. The van der Waals surface area contributed by atoms with E-state index in [2.05, 4.69) is 10.0 Å². The first kappa shape index (κ1) is 19.7. The number of methoxy groups -OCH3 is 2. The number of sulfonamides is 1. The number of rotatable bonds is 7. The zero-order valence-electron chi connectivity index (χ0n) is 15.1. The lowest BCUT2D eigenvalue weighted by Crippen LogP contribution is -2.52. The highest BCUT2D eigenvalue weighted by Crippen LogP contribution is 2.20. The Morgan fingerprint density at radius 1 is 0.885 bits per heavy atom. The van der Waals surface area contributed by atoms with Crippen LogP contribution in [0.2, 0.25) is 0 Å². The molecule has 0 fully saturated rings. The Balaban J connectivity index is 2.12. The summed E-state index contributed by atoms with van der Waals surface area (Å²) < 4.78 is 37.6. The number of amides is 1. The summed E-state index contributed by atoms with van der Waals surface area (Å²) in [6.45, 7) is 2.99. The van der Waals surface area contributed by atoms with Crippen LogP contribution in [0.3, 0.4) is 0 Å². The molecule has 2 N–H and O–H groups in total. The second-order valence-corrected chi connectivity index (χ2v) is 7.77. The molecule has 0 radical (unpaired) electrons. The summed E-state index contributed by atoms with van der Waals surface area (Å²) in [7, 11) is -0.837. The van der Waals surface area contributed by atoms with E-state index in [9.17, 15) is 13.2 Å². The molecule has 0 aliphatic heterocycles. The van der Waals surface area contributed by atoms with E-state index in [-0.39, 0.29) is 4.90 Å². The minimum atomic E-state index is -3.88. The van der Waals surface area contributed by atoms with E-state index in [0.29, 0.717) is 17.2 Å². The predicted molar refractivity (Wildman–Crippen MR) is 99.0 cm³/mol. The van der Waals surface area contributed by atoms with Crippen LogP contribution in [0.25, 0.3) is 0 Å². The van der Waals surface area contributed by atoms with Crippen LogP contribution in [0.1, 0.15) is 13.8 Å². The fourth-order valence-corrected chi connectivity index (χ4v) is 3.53. The van der Waals surface area contributed by atoms with E-state index in [1.165, 1.54) is 33.1 Å². The van der Waals surface area contributed by atoms with Crippen LogP contribution < -0.4 is 19.5 Å². The topological polar surface area (TPSA) is 93.7 Å². The van der Waals surface area contributed by atoms with Crippen molar-refractivity contribution < 1.29 is 22.7 Å². The lowest BCUT2D eigenvalue weighted by atomic mass is 10.1. The van der Waals surface area contributed by atoms with E-state index in [1.54, 1.807) is 43.5 Å². The average molecular weight is 378 g/mol. The quantitative estimate of drug-likeness (QED) is 0.772. The van der Waals surface area contributed by atoms with E-state index in [1.807, 2.05) is 0 Å². The molecule has 7 nitrogen and oxygen atoms in total. The standard InChI is InChI=1S/C18H22N2O5S/c1-18(2,17(21)19-13-5-7-14(24-3)8-6-13)20-26(22,23)16-11-9-15(25-4)10-12-16/h5-12,20H,1-4H3,(H,19,21). The van der Waals surface area contributed by atoms with Gasteiger partial charge in [0.2, 0.25) is 15.9 Å². The molecule has 140 valence electrons. The predicted octanol–water partition coefficient (Wildman–Crippen LogP) is 2.40. The zero-order chi connectivity index (χ0) is 19.4. The van der Waals surface area contributed by atoms with Crippen molar-refractivity contribution in [2.75, 3.05) is 19.5 Å². The summed E-state index contributed by atoms with van der Waals surface area (Å²) in [5.41, 5.74) is -0.828. The smallest absolute Gasteiger partial charge is 0.245 e. The van der Waals surface area contributed by atoms with Crippen molar-refractivity contribution in [1.29, 1.82) is 0 Å². The first-order valence-electron chi connectivity index (χ1n) is 7.81. The molecule has 2 rings (SSSR count). The van der Waals surface area contributed by atoms with Crippen molar-refractivity contribution in [3.63, 3.8) is 0 Å². The minimum Gasteiger partial charge on any atom is -0.497 e. The lowest BCUT2D eigenvalue weighted by molar-refractivity contribution is -0.120. The Morgan fingerprint density at radius 2 is 1.35 bits per heavy atom. The zero-order valence-corrected chi connectivity index (χ0v) is 15.9. The molecule has 0 atom stereocenters. The maximum Gasteiger partial charge on any atom is 0.245 e. The minimum absolute atomic E-state index is 0.0450. The molecule has 8 heteroatoms. The van der Waals surface area contributed by atoms with E-state index < -0.39 is 21.5 Å². The molecular weight excluding hydrogens is 356 g/mol. The molecule has 0 heterocycles. The Morgan fingerprint density at radius 3 is 1.81 bits per heavy atom. The number of carbonyl (C=O) groups is 1. The molecule has 2 aromatic rings. The van der Waals surface area contributed by atoms with Gasteiger partial charge in [0.25, 0.3) is 0 Å². The van der Waals surface area contributed by atoms with Crippen molar-refractivity contribution in [1.82, 2.24) is 4.72 Å². The maximum atomic E-state index is 12.5. The molecular formula is C18H22N2O5S. The van der Waals surface area contributed by atoms with E-state index in [0.717, 1.165) is 0 Å². The monoisotopic (exact) mass is 378 g/mol. The van der Waals surface area contributed by atoms with Crippen LogP contribution in [-0.2, 0) is 14.8 Å². The number of ether oxygens (including phenoxy) is 2. The highest BCUT2D eigenvalue weighted by molar-refractivity contribution is 7.89. The third kappa shape index (κ3) is 4.74. The van der Waals surface area contributed by atoms with Crippen LogP contribution in [0.4, 0.5) is 5.69 Å². The van der Waals surface area contributed by atoms with Crippen molar-refractivity contribution in [3.8, 4) is 11.5 Å². The van der Waals surface area contributed by atoms with Gasteiger partial charge in [0.1, 0.15) is 17.0 Å². The highest BCUT2D eigenvalue weighted by Gasteiger charge is 2.33. The van der Waals surface area contributed by atoms with Gasteiger partial charge in [0.05, 0.1) is 19.1 Å². The van der Waals surface area contributed by atoms with Crippen LogP contribution in [0.15, 0.2) is 53.4 Å². The van der Waals surface area contributed by atoms with Gasteiger partial charge in [-0.05, 0) is 62.4 Å². The Hall–Kier alpha value is -2.58. The SMILES string of the molecule is COc1ccc(NC(=O)C(C)(C)NS(=O)(=O)c2ccc(OC)cc2)cc1. The first-order valence-corrected chi connectivity index (χ1v) is 9.30. The molecule has 0 saturated carbocycles. The number of anilines is 1. The van der Waals surface area contributed by atoms with Gasteiger partial charge in [0, 0.05) is 5.69 Å². The summed E-state index contributed by atoms with van der Waals surface area (Å²) in [4.78, 5) is 12.6. The number of benzene rings is 2. The fourth-order valence-electron chi connectivity index (χ4n) is 2.16. The van der Waals surface area contributed by atoms with Gasteiger partial charge in [-0.25, -0.2) is 8.42 Å². The summed E-state index contributed by atoms with van der Waals surface area (Å²) >= 11 is 0. The summed E-state index contributed by atoms with van der Waals surface area (Å²) in [6, 6.07) is 12.7. The normalized spacial score (nSPS) is 11.7. The summed E-state index contributed by atoms with van der Waals surface area (Å²) in [6.07, 6.45) is 0. The molecule has 0 saturated heterocycles. The largest absolute Gasteiger partial charge is 0.497 e. The number of hydrogen-bond donors (Lipinski definition) is 2. The van der Waals surface area contributed by atoms with Gasteiger partial charge in [0.15, 0.2) is 0 Å². The van der Waals surface area contributed by atoms with Crippen molar-refractivity contribution >= 4 is 21.6 Å². The summed E-state index contributed by atoms with van der Waals surface area (Å²) in [5.74, 6) is 0.711. The first-order chi connectivity index (χ1) is 12.2. The molecule has 0 aromatic heterocycles. The molecule has 0 unspecified atom stereocenters. The number of carbonyl (C=O) groups excluding carboxylic acids is 1. The van der Waals surface area contributed by atoms with Gasteiger partial charge >= 0.3 is 0 Å². The van der Waals surface area contributed by atoms with E-state index >= 15 is 0 Å². The molecule has 0 aliphatic rings. The van der Waals surface area contributed by atoms with E-state index in [4.69, 9.17) is 9.47 Å². The van der Waals surface area contributed by atoms with Crippen LogP contribution in [0.5, 0.6) is 11.5 Å². The van der Waals surface area contributed by atoms with Gasteiger partial charge in [-0.3, -0.25) is 4.79 Å². The van der Waals surface area contributed by atoms with Crippen molar-refractivity contribution in [2.45, 2.75) is 24.3 Å². The highest BCUT2D eigenvalue weighted by atomic mass is 32.2. The van der Waals surface area contributed by atoms with Crippen LogP contribution in [-0.4, -0.2) is 34.1 Å². The Kier molecular flexibility index (Phi) is 5.89. The Labute approximate surface area is 153 Å². The second-order valence-electron chi connectivity index (χ2n) is 6.09. The van der Waals surface area contributed by atoms with Gasteiger partial charge in [-0.15, -0.1) is 0 Å². The van der Waals surface area contributed by atoms with Gasteiger partial charge in [-0.2, -0.15) is 4.72 Å². The average Bonchev–Trinajstić information content (AvgIpc) is 2.61. The third-order valence-electron chi connectivity index (χ3n) is 3.67. The summed E-state index contributed by atoms with van der Waals surface area (Å²) in [5, 5.41) is 2.68. The maximum absolute atomic E-state index is 12.5. The number of hydrogen-bond acceptors (Lipinski definition) is 5. The molecule has 1 amide bonds. The van der Waals surface area contributed by atoms with Gasteiger partial charge in [-0.1, -0.05) is 0 Å². The second kappa shape index (κ2) is 7.76. The molecule has 2 aromatic carbocycles. The fraction of sp³-hybridized carbons (Fsp3) is 0.278. The van der Waals surface area contributed by atoms with Crippen LogP contribution >= 0.6 is 0 Å².